The van der Waals surface area contributed by atoms with Gasteiger partial charge >= 0.3 is 0 Å². The number of methoxy groups -OCH3 is 1. The number of benzene rings is 3. The van der Waals surface area contributed by atoms with E-state index < -0.39 is 0 Å². The summed E-state index contributed by atoms with van der Waals surface area (Å²) in [5.41, 5.74) is 1.20. The van der Waals surface area contributed by atoms with Crippen molar-refractivity contribution in [3.8, 4) is 40.1 Å². The molecule has 0 aliphatic heterocycles. The van der Waals surface area contributed by atoms with Crippen LogP contribution < -0.4 is 14.2 Å². The highest BCUT2D eigenvalue weighted by Gasteiger charge is 2.14. The van der Waals surface area contributed by atoms with Crippen LogP contribution in [0, 0.1) is 5.82 Å². The van der Waals surface area contributed by atoms with Crippen molar-refractivity contribution in [2.75, 3.05) is 20.3 Å². The van der Waals surface area contributed by atoms with Gasteiger partial charge in [-0.15, -0.1) is 0 Å². The Hall–Kier alpha value is -3.87. The van der Waals surface area contributed by atoms with Gasteiger partial charge in [0.1, 0.15) is 24.8 Å². The maximum Gasteiger partial charge on any atom is 0.258 e. The molecule has 1 aromatic heterocycles. The average molecular weight is 406 g/mol. The fourth-order valence-corrected chi connectivity index (χ4v) is 2.83. The standard InChI is InChI=1S/C23H19FN2O4/c1-27-21-15-16(22-25-23(30-26-22)17-6-5-7-18(24)14-17)10-11-20(21)29-13-12-28-19-8-3-2-4-9-19/h2-11,14-15H,12-13H2,1H3. The predicted octanol–water partition coefficient (Wildman–Crippen LogP) is 5.01. The first-order valence-corrected chi connectivity index (χ1v) is 9.31. The van der Waals surface area contributed by atoms with E-state index in [4.69, 9.17) is 18.7 Å². The molecule has 0 bridgehead atoms. The van der Waals surface area contributed by atoms with E-state index >= 15 is 0 Å². The molecule has 6 nitrogen and oxygen atoms in total. The van der Waals surface area contributed by atoms with Gasteiger partial charge in [0.2, 0.25) is 5.82 Å². The van der Waals surface area contributed by atoms with E-state index in [1.807, 2.05) is 30.3 Å². The molecule has 0 aliphatic rings. The monoisotopic (exact) mass is 406 g/mol. The molecule has 0 saturated carbocycles. The smallest absolute Gasteiger partial charge is 0.258 e. The summed E-state index contributed by atoms with van der Waals surface area (Å²) in [6.45, 7) is 0.757. The molecule has 1 heterocycles. The Bertz CT molecular complexity index is 1120. The molecule has 0 amide bonds. The van der Waals surface area contributed by atoms with Gasteiger partial charge in [-0.25, -0.2) is 4.39 Å². The minimum absolute atomic E-state index is 0.238. The molecule has 0 spiro atoms. The number of ether oxygens (including phenoxy) is 3. The number of para-hydroxylation sites is 1. The molecule has 0 aliphatic carbocycles. The molecule has 7 heteroatoms. The normalized spacial score (nSPS) is 10.6. The minimum atomic E-state index is -0.369. The van der Waals surface area contributed by atoms with E-state index in [0.717, 1.165) is 5.75 Å². The maximum absolute atomic E-state index is 13.4. The maximum atomic E-state index is 13.4. The molecule has 4 rings (SSSR count). The van der Waals surface area contributed by atoms with E-state index in [2.05, 4.69) is 10.1 Å². The van der Waals surface area contributed by atoms with Crippen LogP contribution >= 0.6 is 0 Å². The van der Waals surface area contributed by atoms with Crippen molar-refractivity contribution in [1.29, 1.82) is 0 Å². The van der Waals surface area contributed by atoms with Crippen molar-refractivity contribution >= 4 is 0 Å². The molecule has 152 valence electrons. The minimum Gasteiger partial charge on any atom is -0.493 e. The van der Waals surface area contributed by atoms with Crippen LogP contribution in [0.3, 0.4) is 0 Å². The second-order valence-electron chi connectivity index (χ2n) is 6.31. The van der Waals surface area contributed by atoms with E-state index in [9.17, 15) is 4.39 Å². The highest BCUT2D eigenvalue weighted by Crippen LogP contribution is 2.32. The summed E-state index contributed by atoms with van der Waals surface area (Å²) in [7, 11) is 1.56. The Kier molecular flexibility index (Phi) is 5.89. The number of rotatable bonds is 8. The summed E-state index contributed by atoms with van der Waals surface area (Å²) in [6, 6.07) is 20.9. The zero-order valence-electron chi connectivity index (χ0n) is 16.2. The van der Waals surface area contributed by atoms with Crippen molar-refractivity contribution in [3.05, 3.63) is 78.6 Å². The van der Waals surface area contributed by atoms with Crippen LogP contribution in [0.15, 0.2) is 77.3 Å². The third-order valence-corrected chi connectivity index (χ3v) is 4.27. The van der Waals surface area contributed by atoms with Crippen LogP contribution in [0.1, 0.15) is 0 Å². The van der Waals surface area contributed by atoms with E-state index in [1.165, 1.54) is 12.1 Å². The Morgan fingerprint density at radius 2 is 1.67 bits per heavy atom. The molecule has 0 unspecified atom stereocenters. The molecule has 0 saturated heterocycles. The Balaban J connectivity index is 1.43. The SMILES string of the molecule is COc1cc(-c2noc(-c3cccc(F)c3)n2)ccc1OCCOc1ccccc1. The second kappa shape index (κ2) is 9.09. The van der Waals surface area contributed by atoms with Crippen molar-refractivity contribution in [1.82, 2.24) is 10.1 Å². The lowest BCUT2D eigenvalue weighted by atomic mass is 10.2. The molecule has 0 N–H and O–H groups in total. The quantitative estimate of drug-likeness (QED) is 0.383. The molecule has 3 aromatic carbocycles. The fraction of sp³-hybridized carbons (Fsp3) is 0.130. The number of halogens is 1. The third kappa shape index (κ3) is 4.57. The Morgan fingerprint density at radius 1 is 0.833 bits per heavy atom. The van der Waals surface area contributed by atoms with Crippen LogP contribution in [0.25, 0.3) is 22.8 Å². The van der Waals surface area contributed by atoms with Gasteiger partial charge in [0, 0.05) is 11.1 Å². The van der Waals surface area contributed by atoms with Crippen LogP contribution in [0.2, 0.25) is 0 Å². The average Bonchev–Trinajstić information content (AvgIpc) is 3.28. The lowest BCUT2D eigenvalue weighted by Gasteiger charge is -2.12. The van der Waals surface area contributed by atoms with Gasteiger partial charge in [-0.1, -0.05) is 29.4 Å². The van der Waals surface area contributed by atoms with Gasteiger partial charge in [-0.3, -0.25) is 0 Å². The first-order valence-electron chi connectivity index (χ1n) is 9.31. The molecular formula is C23H19FN2O4. The first kappa shape index (κ1) is 19.4. The fourth-order valence-electron chi connectivity index (χ4n) is 2.83. The third-order valence-electron chi connectivity index (χ3n) is 4.27. The van der Waals surface area contributed by atoms with Gasteiger partial charge < -0.3 is 18.7 Å². The summed E-state index contributed by atoms with van der Waals surface area (Å²) in [5, 5.41) is 3.98. The Morgan fingerprint density at radius 3 is 2.47 bits per heavy atom. The van der Waals surface area contributed by atoms with Crippen molar-refractivity contribution in [2.45, 2.75) is 0 Å². The van der Waals surface area contributed by atoms with Crippen LogP contribution in [0.5, 0.6) is 17.2 Å². The Labute approximate surface area is 172 Å². The van der Waals surface area contributed by atoms with E-state index in [-0.39, 0.29) is 11.7 Å². The zero-order chi connectivity index (χ0) is 20.8. The number of aromatic nitrogens is 2. The lowest BCUT2D eigenvalue weighted by Crippen LogP contribution is -2.09. The summed E-state index contributed by atoms with van der Waals surface area (Å²) < 4.78 is 35.5. The first-order chi connectivity index (χ1) is 14.7. The largest absolute Gasteiger partial charge is 0.493 e. The molecule has 0 fully saturated rings. The molecule has 0 radical (unpaired) electrons. The second-order valence-corrected chi connectivity index (χ2v) is 6.31. The summed E-state index contributed by atoms with van der Waals surface area (Å²) >= 11 is 0. The highest BCUT2D eigenvalue weighted by atomic mass is 19.1. The van der Waals surface area contributed by atoms with Gasteiger partial charge in [0.05, 0.1) is 7.11 Å². The number of nitrogens with zero attached hydrogens (tertiary/aromatic N) is 2. The molecule has 30 heavy (non-hydrogen) atoms. The number of hydrogen-bond acceptors (Lipinski definition) is 6. The summed E-state index contributed by atoms with van der Waals surface area (Å²) in [6.07, 6.45) is 0. The van der Waals surface area contributed by atoms with Gasteiger partial charge in [0.25, 0.3) is 5.89 Å². The van der Waals surface area contributed by atoms with Crippen molar-refractivity contribution < 1.29 is 23.1 Å². The van der Waals surface area contributed by atoms with Gasteiger partial charge in [0.15, 0.2) is 11.5 Å². The summed E-state index contributed by atoms with van der Waals surface area (Å²) in [5.74, 6) is 2.13. The van der Waals surface area contributed by atoms with Crippen molar-refractivity contribution in [3.63, 3.8) is 0 Å². The molecule has 0 atom stereocenters. The summed E-state index contributed by atoms with van der Waals surface area (Å²) in [4.78, 5) is 4.35. The van der Waals surface area contributed by atoms with E-state index in [1.54, 1.807) is 37.4 Å². The van der Waals surface area contributed by atoms with E-state index in [0.29, 0.717) is 41.7 Å². The van der Waals surface area contributed by atoms with Crippen molar-refractivity contribution in [2.24, 2.45) is 0 Å². The molecule has 4 aromatic rings. The van der Waals surface area contributed by atoms with Gasteiger partial charge in [-0.2, -0.15) is 4.98 Å². The van der Waals surface area contributed by atoms with Crippen LogP contribution in [-0.4, -0.2) is 30.5 Å². The highest BCUT2D eigenvalue weighted by molar-refractivity contribution is 5.63. The zero-order valence-corrected chi connectivity index (χ0v) is 16.2. The molecular weight excluding hydrogens is 387 g/mol. The predicted molar refractivity (Wildman–Crippen MR) is 109 cm³/mol. The topological polar surface area (TPSA) is 66.6 Å². The lowest BCUT2D eigenvalue weighted by molar-refractivity contribution is 0.211. The van der Waals surface area contributed by atoms with Crippen LogP contribution in [-0.2, 0) is 0 Å². The number of hydrogen-bond donors (Lipinski definition) is 0. The van der Waals surface area contributed by atoms with Crippen LogP contribution in [0.4, 0.5) is 4.39 Å². The van der Waals surface area contributed by atoms with Gasteiger partial charge in [-0.05, 0) is 48.5 Å².